The number of nitrogens with one attached hydrogen (secondary N) is 1. The highest BCUT2D eigenvalue weighted by Gasteiger charge is 2.25. The van der Waals surface area contributed by atoms with E-state index in [2.05, 4.69) is 58.4 Å². The molecule has 1 N–H and O–H groups in total. The summed E-state index contributed by atoms with van der Waals surface area (Å²) in [7, 11) is 0. The SMILES string of the molecule is CC1CNCC(C)N1c1ccc(-c2cnc3c(-c4cccc5ncccc45)cnn3c2)cn1. The number of aromatic nitrogens is 5. The molecule has 5 heterocycles. The first kappa shape index (κ1) is 19.8. The van der Waals surface area contributed by atoms with E-state index in [4.69, 9.17) is 9.97 Å². The summed E-state index contributed by atoms with van der Waals surface area (Å²) in [5.74, 6) is 1.01. The van der Waals surface area contributed by atoms with Crippen LogP contribution in [0, 0.1) is 0 Å². The Kier molecular flexibility index (Phi) is 4.77. The minimum atomic E-state index is 0.414. The fourth-order valence-electron chi connectivity index (χ4n) is 4.85. The predicted molar refractivity (Wildman–Crippen MR) is 131 cm³/mol. The molecular formula is C26H25N7. The van der Waals surface area contributed by atoms with E-state index in [1.165, 1.54) is 0 Å². The Morgan fingerprint density at radius 3 is 2.48 bits per heavy atom. The van der Waals surface area contributed by atoms with Gasteiger partial charge in [0.15, 0.2) is 5.65 Å². The van der Waals surface area contributed by atoms with Crippen molar-refractivity contribution in [3.63, 3.8) is 0 Å². The van der Waals surface area contributed by atoms with Crippen molar-refractivity contribution in [3.8, 4) is 22.3 Å². The maximum atomic E-state index is 4.78. The number of benzene rings is 1. The zero-order valence-corrected chi connectivity index (χ0v) is 18.7. The molecule has 0 aliphatic carbocycles. The van der Waals surface area contributed by atoms with Gasteiger partial charge in [-0.05, 0) is 43.7 Å². The van der Waals surface area contributed by atoms with Crippen LogP contribution in [0.1, 0.15) is 13.8 Å². The smallest absolute Gasteiger partial charge is 0.162 e. The van der Waals surface area contributed by atoms with Crippen LogP contribution in [0.4, 0.5) is 5.82 Å². The minimum Gasteiger partial charge on any atom is -0.349 e. The van der Waals surface area contributed by atoms with Crippen molar-refractivity contribution in [3.05, 3.63) is 73.4 Å². The van der Waals surface area contributed by atoms with Crippen molar-refractivity contribution in [1.82, 2.24) is 29.9 Å². The topological polar surface area (TPSA) is 71.2 Å². The van der Waals surface area contributed by atoms with Crippen LogP contribution in [0.2, 0.25) is 0 Å². The molecular weight excluding hydrogens is 410 g/mol. The van der Waals surface area contributed by atoms with Gasteiger partial charge >= 0.3 is 0 Å². The normalized spacial score (nSPS) is 18.8. The third kappa shape index (κ3) is 3.41. The second-order valence-electron chi connectivity index (χ2n) is 8.71. The lowest BCUT2D eigenvalue weighted by atomic mass is 10.0. The standard InChI is InChI=1S/C26H25N7/c1-17-11-27-12-18(2)33(17)25-9-8-19(13-29-25)20-14-30-26-23(15-31-32(26)16-20)21-5-3-7-24-22(21)6-4-10-28-24/h3-10,13-18,27H,11-12H2,1-2H3. The van der Waals surface area contributed by atoms with Crippen LogP contribution in [-0.2, 0) is 0 Å². The van der Waals surface area contributed by atoms with Gasteiger partial charge in [-0.3, -0.25) is 4.98 Å². The molecule has 1 aliphatic rings. The van der Waals surface area contributed by atoms with Crippen molar-refractivity contribution in [2.75, 3.05) is 18.0 Å². The lowest BCUT2D eigenvalue weighted by Gasteiger charge is -2.40. The third-order valence-corrected chi connectivity index (χ3v) is 6.47. The maximum absolute atomic E-state index is 4.78. The van der Waals surface area contributed by atoms with Crippen LogP contribution in [0.3, 0.4) is 0 Å². The molecule has 1 fully saturated rings. The second-order valence-corrected chi connectivity index (χ2v) is 8.71. The van der Waals surface area contributed by atoms with Crippen LogP contribution in [-0.4, -0.2) is 49.7 Å². The summed E-state index contributed by atoms with van der Waals surface area (Å²) in [5.41, 5.74) is 5.87. The molecule has 4 aromatic heterocycles. The number of nitrogens with zero attached hydrogens (tertiary/aromatic N) is 6. The minimum absolute atomic E-state index is 0.414. The zero-order valence-electron chi connectivity index (χ0n) is 18.7. The molecule has 0 spiro atoms. The fourth-order valence-corrected chi connectivity index (χ4v) is 4.85. The number of pyridine rings is 2. The lowest BCUT2D eigenvalue weighted by Crippen LogP contribution is -2.55. The number of hydrogen-bond acceptors (Lipinski definition) is 6. The van der Waals surface area contributed by atoms with Crippen LogP contribution < -0.4 is 10.2 Å². The van der Waals surface area contributed by atoms with E-state index >= 15 is 0 Å². The first-order chi connectivity index (χ1) is 16.2. The number of piperazine rings is 1. The first-order valence-corrected chi connectivity index (χ1v) is 11.3. The summed E-state index contributed by atoms with van der Waals surface area (Å²) < 4.78 is 1.84. The Labute approximate surface area is 192 Å². The predicted octanol–water partition coefficient (Wildman–Crippen LogP) is 4.19. The van der Waals surface area contributed by atoms with Crippen LogP contribution in [0.5, 0.6) is 0 Å². The van der Waals surface area contributed by atoms with Gasteiger partial charge in [-0.15, -0.1) is 0 Å². The monoisotopic (exact) mass is 435 g/mol. The van der Waals surface area contributed by atoms with E-state index in [0.29, 0.717) is 12.1 Å². The quantitative estimate of drug-likeness (QED) is 0.458. The summed E-state index contributed by atoms with van der Waals surface area (Å²) >= 11 is 0. The van der Waals surface area contributed by atoms with E-state index in [1.807, 2.05) is 53.7 Å². The number of anilines is 1. The summed E-state index contributed by atoms with van der Waals surface area (Å²) in [6.07, 6.45) is 9.54. The van der Waals surface area contributed by atoms with Crippen LogP contribution in [0.25, 0.3) is 38.8 Å². The van der Waals surface area contributed by atoms with Crippen molar-refractivity contribution >= 4 is 22.4 Å². The van der Waals surface area contributed by atoms with Gasteiger partial charge in [0.1, 0.15) is 5.82 Å². The van der Waals surface area contributed by atoms with Gasteiger partial charge < -0.3 is 10.2 Å². The molecule has 7 nitrogen and oxygen atoms in total. The van der Waals surface area contributed by atoms with Crippen molar-refractivity contribution < 1.29 is 0 Å². The summed E-state index contributed by atoms with van der Waals surface area (Å²) in [6.45, 7) is 6.42. The molecule has 1 aromatic carbocycles. The molecule has 1 aliphatic heterocycles. The number of rotatable bonds is 3. The van der Waals surface area contributed by atoms with E-state index in [1.54, 1.807) is 0 Å². The summed E-state index contributed by atoms with van der Waals surface area (Å²) in [4.78, 5) is 16.4. The van der Waals surface area contributed by atoms with E-state index in [-0.39, 0.29) is 0 Å². The van der Waals surface area contributed by atoms with Crippen LogP contribution in [0.15, 0.2) is 73.4 Å². The Balaban J connectivity index is 1.35. The van der Waals surface area contributed by atoms with Gasteiger partial charge in [0.25, 0.3) is 0 Å². The highest BCUT2D eigenvalue weighted by atomic mass is 15.3. The van der Waals surface area contributed by atoms with E-state index in [0.717, 1.165) is 57.7 Å². The molecule has 0 saturated carbocycles. The highest BCUT2D eigenvalue weighted by molar-refractivity contribution is 5.97. The maximum Gasteiger partial charge on any atom is 0.162 e. The third-order valence-electron chi connectivity index (χ3n) is 6.47. The van der Waals surface area contributed by atoms with Gasteiger partial charge in [0.2, 0.25) is 0 Å². The van der Waals surface area contributed by atoms with Gasteiger partial charge in [-0.25, -0.2) is 14.5 Å². The van der Waals surface area contributed by atoms with Gasteiger partial charge in [0, 0.05) is 72.0 Å². The molecule has 164 valence electrons. The Morgan fingerprint density at radius 2 is 1.67 bits per heavy atom. The Morgan fingerprint density at radius 1 is 0.818 bits per heavy atom. The van der Waals surface area contributed by atoms with E-state index < -0.39 is 0 Å². The molecule has 0 radical (unpaired) electrons. The van der Waals surface area contributed by atoms with E-state index in [9.17, 15) is 0 Å². The molecule has 5 aromatic rings. The van der Waals surface area contributed by atoms with Gasteiger partial charge in [0.05, 0.1) is 11.7 Å². The average molecular weight is 436 g/mol. The summed E-state index contributed by atoms with van der Waals surface area (Å²) in [5, 5.41) is 9.16. The Hall–Kier alpha value is -3.84. The molecule has 2 atom stereocenters. The molecule has 1 saturated heterocycles. The number of hydrogen-bond donors (Lipinski definition) is 1. The largest absolute Gasteiger partial charge is 0.349 e. The highest BCUT2D eigenvalue weighted by Crippen LogP contribution is 2.31. The molecule has 0 bridgehead atoms. The molecule has 0 amide bonds. The Bertz CT molecular complexity index is 1430. The van der Waals surface area contributed by atoms with Gasteiger partial charge in [-0.2, -0.15) is 5.10 Å². The fraction of sp³-hybridized carbons (Fsp3) is 0.231. The lowest BCUT2D eigenvalue weighted by molar-refractivity contribution is 0.429. The summed E-state index contributed by atoms with van der Waals surface area (Å²) in [6, 6.07) is 15.2. The van der Waals surface area contributed by atoms with Crippen LogP contribution >= 0.6 is 0 Å². The van der Waals surface area contributed by atoms with Crippen molar-refractivity contribution in [1.29, 1.82) is 0 Å². The average Bonchev–Trinajstić information content (AvgIpc) is 3.27. The zero-order chi connectivity index (χ0) is 22.4. The van der Waals surface area contributed by atoms with Crippen molar-refractivity contribution in [2.45, 2.75) is 25.9 Å². The van der Waals surface area contributed by atoms with Crippen molar-refractivity contribution in [2.24, 2.45) is 0 Å². The molecule has 33 heavy (non-hydrogen) atoms. The second kappa shape index (κ2) is 7.94. The molecule has 2 unspecified atom stereocenters. The molecule has 6 rings (SSSR count). The van der Waals surface area contributed by atoms with Gasteiger partial charge in [-0.1, -0.05) is 18.2 Å². The first-order valence-electron chi connectivity index (χ1n) is 11.3. The molecule has 7 heteroatoms. The number of fused-ring (bicyclic) bond motifs is 2.